The van der Waals surface area contributed by atoms with E-state index in [0.717, 1.165) is 13.1 Å². The van der Waals surface area contributed by atoms with E-state index >= 15 is 0 Å². The number of rotatable bonds is 8. The minimum absolute atomic E-state index is 0.810. The van der Waals surface area contributed by atoms with Crippen molar-refractivity contribution in [1.29, 1.82) is 0 Å². The lowest BCUT2D eigenvalue weighted by molar-refractivity contribution is 0.332. The van der Waals surface area contributed by atoms with Gasteiger partial charge in [0.1, 0.15) is 0 Å². The predicted molar refractivity (Wildman–Crippen MR) is 60.9 cm³/mol. The van der Waals surface area contributed by atoms with Gasteiger partial charge >= 0.3 is 0 Å². The van der Waals surface area contributed by atoms with Crippen LogP contribution in [0.5, 0.6) is 0 Å². The fourth-order valence-electron chi connectivity index (χ4n) is 1.18. The lowest BCUT2D eigenvalue weighted by Crippen LogP contribution is -2.28. The Balaban J connectivity index is 3.21. The van der Waals surface area contributed by atoms with Gasteiger partial charge in [0.25, 0.3) is 0 Å². The number of likely N-dealkylation sites (N-methyl/N-ethyl adjacent to an activating group) is 2. The first-order valence-corrected chi connectivity index (χ1v) is 7.51. The first kappa shape index (κ1) is 13.1. The molecular weight excluding hydrogens is 180 g/mol. The van der Waals surface area contributed by atoms with Crippen molar-refractivity contribution in [3.05, 3.63) is 0 Å². The van der Waals surface area contributed by atoms with E-state index in [-0.39, 0.29) is 0 Å². The summed E-state index contributed by atoms with van der Waals surface area (Å²) < 4.78 is 5.32. The van der Waals surface area contributed by atoms with E-state index in [1.54, 1.807) is 0 Å². The molecule has 13 heavy (non-hydrogen) atoms. The van der Waals surface area contributed by atoms with Crippen molar-refractivity contribution in [2.75, 3.05) is 40.8 Å². The van der Waals surface area contributed by atoms with Crippen molar-refractivity contribution >= 4 is 9.04 Å². The highest BCUT2D eigenvalue weighted by Crippen LogP contribution is 1.99. The highest BCUT2D eigenvalue weighted by atomic mass is 28.3. The first-order chi connectivity index (χ1) is 6.20. The Morgan fingerprint density at radius 3 is 2.62 bits per heavy atom. The summed E-state index contributed by atoms with van der Waals surface area (Å²) in [6.07, 6.45) is 1.28. The molecule has 0 radical (unpaired) electrons. The largest absolute Gasteiger partial charge is 0.423 e. The zero-order chi connectivity index (χ0) is 10.1. The molecule has 0 aliphatic carbocycles. The summed E-state index contributed by atoms with van der Waals surface area (Å²) >= 11 is 0. The number of hydrogen-bond donors (Lipinski definition) is 1. The maximum absolute atomic E-state index is 5.32. The van der Waals surface area contributed by atoms with Crippen molar-refractivity contribution < 1.29 is 4.43 Å². The quantitative estimate of drug-likeness (QED) is 0.584. The molecule has 1 unspecified atom stereocenters. The second-order valence-corrected chi connectivity index (χ2v) is 6.27. The zero-order valence-electron chi connectivity index (χ0n) is 9.47. The summed E-state index contributed by atoms with van der Waals surface area (Å²) in [5, 5.41) is 3.15. The topological polar surface area (TPSA) is 24.5 Å². The summed E-state index contributed by atoms with van der Waals surface area (Å²) in [4.78, 5) is 2.37. The first-order valence-electron chi connectivity index (χ1n) is 5.06. The van der Waals surface area contributed by atoms with Crippen LogP contribution in [0.3, 0.4) is 0 Å². The smallest absolute Gasteiger partial charge is 0.173 e. The van der Waals surface area contributed by atoms with Crippen molar-refractivity contribution in [3.8, 4) is 0 Å². The molecule has 0 aromatic carbocycles. The molecule has 0 bridgehead atoms. The summed E-state index contributed by atoms with van der Waals surface area (Å²) in [6.45, 7) is 5.67. The highest BCUT2D eigenvalue weighted by molar-refractivity contribution is 6.50. The molecule has 0 saturated heterocycles. The molecule has 0 amide bonds. The van der Waals surface area contributed by atoms with E-state index in [1.807, 2.05) is 14.2 Å². The summed E-state index contributed by atoms with van der Waals surface area (Å²) in [6, 6.07) is 1.29. The van der Waals surface area contributed by atoms with Gasteiger partial charge in [-0.3, -0.25) is 0 Å². The van der Waals surface area contributed by atoms with Crippen LogP contribution in [0, 0.1) is 0 Å². The SMILES string of the molecule is CNCCN(C)CCC[SiH](C)OC. The number of nitrogens with one attached hydrogen (secondary N) is 1. The van der Waals surface area contributed by atoms with E-state index in [0.29, 0.717) is 0 Å². The molecule has 0 aromatic rings. The van der Waals surface area contributed by atoms with Crippen LogP contribution >= 0.6 is 0 Å². The second-order valence-electron chi connectivity index (χ2n) is 3.60. The molecule has 0 rings (SSSR count). The van der Waals surface area contributed by atoms with Gasteiger partial charge in [0.05, 0.1) is 0 Å². The van der Waals surface area contributed by atoms with E-state index < -0.39 is 9.04 Å². The molecule has 3 nitrogen and oxygen atoms in total. The average Bonchev–Trinajstić information content (AvgIpc) is 2.14. The molecule has 1 N–H and O–H groups in total. The van der Waals surface area contributed by atoms with E-state index in [9.17, 15) is 0 Å². The van der Waals surface area contributed by atoms with Gasteiger partial charge in [-0.1, -0.05) is 0 Å². The molecule has 80 valence electrons. The van der Waals surface area contributed by atoms with Crippen LogP contribution in [0.2, 0.25) is 12.6 Å². The fourth-order valence-corrected chi connectivity index (χ4v) is 2.17. The predicted octanol–water partition coefficient (Wildman–Crippen LogP) is 0.528. The summed E-state index contributed by atoms with van der Waals surface area (Å²) in [5.41, 5.74) is 0. The Bertz CT molecular complexity index is 114. The van der Waals surface area contributed by atoms with Gasteiger partial charge in [-0.2, -0.15) is 0 Å². The van der Waals surface area contributed by atoms with Gasteiger partial charge in [-0.25, -0.2) is 0 Å². The molecular formula is C9H24N2OSi. The van der Waals surface area contributed by atoms with Crippen LogP contribution < -0.4 is 5.32 Å². The van der Waals surface area contributed by atoms with Gasteiger partial charge in [0, 0.05) is 20.2 Å². The van der Waals surface area contributed by atoms with Gasteiger partial charge in [0.15, 0.2) is 9.04 Å². The van der Waals surface area contributed by atoms with Crippen LogP contribution in [0.25, 0.3) is 0 Å². The van der Waals surface area contributed by atoms with Crippen LogP contribution in [0.1, 0.15) is 6.42 Å². The molecule has 4 heteroatoms. The molecule has 0 fully saturated rings. The Morgan fingerprint density at radius 2 is 2.08 bits per heavy atom. The third-order valence-electron chi connectivity index (χ3n) is 2.30. The van der Waals surface area contributed by atoms with Crippen molar-refractivity contribution in [2.24, 2.45) is 0 Å². The zero-order valence-corrected chi connectivity index (χ0v) is 10.6. The van der Waals surface area contributed by atoms with Gasteiger partial charge in [-0.15, -0.1) is 0 Å². The normalized spacial score (nSPS) is 13.6. The average molecular weight is 204 g/mol. The lowest BCUT2D eigenvalue weighted by atomic mass is 10.4. The van der Waals surface area contributed by atoms with Crippen molar-refractivity contribution in [3.63, 3.8) is 0 Å². The maximum atomic E-state index is 5.32. The van der Waals surface area contributed by atoms with Crippen molar-refractivity contribution in [2.45, 2.75) is 19.0 Å². The lowest BCUT2D eigenvalue weighted by Gasteiger charge is -2.16. The van der Waals surface area contributed by atoms with Crippen LogP contribution in [0.15, 0.2) is 0 Å². The summed E-state index contributed by atoms with van der Waals surface area (Å²) in [7, 11) is 5.20. The Morgan fingerprint density at radius 1 is 1.38 bits per heavy atom. The van der Waals surface area contributed by atoms with E-state index in [1.165, 1.54) is 19.0 Å². The molecule has 0 saturated carbocycles. The molecule has 0 aliphatic rings. The van der Waals surface area contributed by atoms with Crippen LogP contribution in [-0.2, 0) is 4.43 Å². The molecule has 0 spiro atoms. The highest BCUT2D eigenvalue weighted by Gasteiger charge is 2.03. The molecule has 0 aromatic heterocycles. The molecule has 0 heterocycles. The molecule has 1 atom stereocenters. The molecule has 0 aliphatic heterocycles. The fraction of sp³-hybridized carbons (Fsp3) is 1.00. The van der Waals surface area contributed by atoms with Crippen LogP contribution in [-0.4, -0.2) is 54.8 Å². The Labute approximate surface area is 84.2 Å². The second kappa shape index (κ2) is 8.68. The number of hydrogen-bond acceptors (Lipinski definition) is 3. The Hall–Kier alpha value is 0.0969. The standard InChI is InChI=1S/C9H24N2OSi/c1-10-6-8-11(2)7-5-9-13(4)12-3/h10,13H,5-9H2,1-4H3. The number of nitrogens with zero attached hydrogens (tertiary/aromatic N) is 1. The minimum atomic E-state index is -0.810. The summed E-state index contributed by atoms with van der Waals surface area (Å²) in [5.74, 6) is 0. The van der Waals surface area contributed by atoms with E-state index in [2.05, 4.69) is 23.8 Å². The Kier molecular flexibility index (Phi) is 8.75. The van der Waals surface area contributed by atoms with Gasteiger partial charge in [0.2, 0.25) is 0 Å². The minimum Gasteiger partial charge on any atom is -0.423 e. The third kappa shape index (κ3) is 8.43. The van der Waals surface area contributed by atoms with Crippen molar-refractivity contribution in [1.82, 2.24) is 10.2 Å². The van der Waals surface area contributed by atoms with E-state index in [4.69, 9.17) is 4.43 Å². The van der Waals surface area contributed by atoms with Gasteiger partial charge in [-0.05, 0) is 39.7 Å². The third-order valence-corrected chi connectivity index (χ3v) is 4.32. The maximum Gasteiger partial charge on any atom is 0.173 e. The monoisotopic (exact) mass is 204 g/mol. The van der Waals surface area contributed by atoms with Crippen LogP contribution in [0.4, 0.5) is 0 Å². The van der Waals surface area contributed by atoms with Gasteiger partial charge < -0.3 is 14.6 Å².